The lowest BCUT2D eigenvalue weighted by Crippen LogP contribution is -2.22. The van der Waals surface area contributed by atoms with Crippen LogP contribution >= 0.6 is 43.2 Å². The zero-order valence-electron chi connectivity index (χ0n) is 10.9. The summed E-state index contributed by atoms with van der Waals surface area (Å²) in [7, 11) is 0. The number of rotatable bonds is 4. The van der Waals surface area contributed by atoms with Gasteiger partial charge in [-0.25, -0.2) is 8.78 Å². The fraction of sp³-hybridized carbons (Fsp3) is 0.286. The zero-order chi connectivity index (χ0) is 14.9. The minimum absolute atomic E-state index is 0.285. The van der Waals surface area contributed by atoms with Crippen molar-refractivity contribution in [1.29, 1.82) is 0 Å². The summed E-state index contributed by atoms with van der Waals surface area (Å²) >= 11 is 8.40. The first kappa shape index (κ1) is 16.1. The van der Waals surface area contributed by atoms with Crippen molar-refractivity contribution in [2.24, 2.45) is 0 Å². The van der Waals surface area contributed by atoms with E-state index in [1.54, 1.807) is 13.0 Å². The van der Waals surface area contributed by atoms with Gasteiger partial charge in [0, 0.05) is 21.0 Å². The van der Waals surface area contributed by atoms with Crippen LogP contribution in [0.2, 0.25) is 0 Å². The molecular formula is C14H13Br2F2NS. The predicted molar refractivity (Wildman–Crippen MR) is 86.3 cm³/mol. The molecule has 1 atom stereocenters. The van der Waals surface area contributed by atoms with Crippen LogP contribution in [0.15, 0.2) is 26.5 Å². The lowest BCUT2D eigenvalue weighted by atomic mass is 10.0. The van der Waals surface area contributed by atoms with Gasteiger partial charge in [0.2, 0.25) is 0 Å². The van der Waals surface area contributed by atoms with Crippen LogP contribution in [0, 0.1) is 18.6 Å². The minimum atomic E-state index is -0.528. The van der Waals surface area contributed by atoms with Crippen molar-refractivity contribution in [2.75, 3.05) is 6.54 Å². The summed E-state index contributed by atoms with van der Waals surface area (Å²) in [5, 5.41) is 3.25. The molecular weight excluding hydrogens is 412 g/mol. The molecule has 2 aromatic rings. The number of thiophene rings is 1. The maximum atomic E-state index is 14.1. The van der Waals surface area contributed by atoms with Gasteiger partial charge in [-0.3, -0.25) is 0 Å². The molecule has 1 unspecified atom stereocenters. The highest BCUT2D eigenvalue weighted by Gasteiger charge is 2.21. The standard InChI is InChI=1S/C14H13Br2F2NS/c1-3-19-13(12-5-9(15)14(16)20-12)8-4-7(2)10(17)6-11(8)18/h4-6,13,19H,3H2,1-2H3. The lowest BCUT2D eigenvalue weighted by Gasteiger charge is -2.18. The van der Waals surface area contributed by atoms with Crippen LogP contribution in [0.3, 0.4) is 0 Å². The molecule has 0 amide bonds. The van der Waals surface area contributed by atoms with Crippen LogP contribution in [0.1, 0.15) is 29.0 Å². The summed E-state index contributed by atoms with van der Waals surface area (Å²) < 4.78 is 29.4. The third-order valence-electron chi connectivity index (χ3n) is 2.95. The average molecular weight is 425 g/mol. The van der Waals surface area contributed by atoms with Crippen LogP contribution in [0.4, 0.5) is 8.78 Å². The summed E-state index contributed by atoms with van der Waals surface area (Å²) in [6, 6.07) is 4.18. The fourth-order valence-corrected chi connectivity index (χ4v) is 4.16. The molecule has 1 aromatic carbocycles. The Kier molecular flexibility index (Phi) is 5.34. The van der Waals surface area contributed by atoms with Gasteiger partial charge in [0.05, 0.1) is 9.83 Å². The molecule has 2 rings (SSSR count). The monoisotopic (exact) mass is 423 g/mol. The van der Waals surface area contributed by atoms with Gasteiger partial charge in [0.15, 0.2) is 0 Å². The molecule has 0 aliphatic carbocycles. The summed E-state index contributed by atoms with van der Waals surface area (Å²) in [6.45, 7) is 4.29. The van der Waals surface area contributed by atoms with E-state index in [2.05, 4.69) is 37.2 Å². The minimum Gasteiger partial charge on any atom is -0.306 e. The lowest BCUT2D eigenvalue weighted by molar-refractivity contribution is 0.540. The molecule has 0 fully saturated rings. The molecule has 0 saturated heterocycles. The number of hydrogen-bond donors (Lipinski definition) is 1. The van der Waals surface area contributed by atoms with Crippen LogP contribution in [0.5, 0.6) is 0 Å². The van der Waals surface area contributed by atoms with Gasteiger partial charge in [0.1, 0.15) is 11.6 Å². The Morgan fingerprint density at radius 3 is 2.45 bits per heavy atom. The van der Waals surface area contributed by atoms with E-state index in [-0.39, 0.29) is 6.04 Å². The Morgan fingerprint density at radius 1 is 1.20 bits per heavy atom. The van der Waals surface area contributed by atoms with Crippen LogP contribution in [-0.2, 0) is 0 Å². The van der Waals surface area contributed by atoms with Crippen molar-refractivity contribution < 1.29 is 8.78 Å². The average Bonchev–Trinajstić information content (AvgIpc) is 2.71. The molecule has 0 bridgehead atoms. The Labute approximate surface area is 137 Å². The van der Waals surface area contributed by atoms with Gasteiger partial charge in [0.25, 0.3) is 0 Å². The first-order chi connectivity index (χ1) is 9.43. The van der Waals surface area contributed by atoms with E-state index < -0.39 is 11.6 Å². The molecule has 1 aromatic heterocycles. The van der Waals surface area contributed by atoms with Crippen LogP contribution < -0.4 is 5.32 Å². The van der Waals surface area contributed by atoms with Crippen LogP contribution in [-0.4, -0.2) is 6.54 Å². The van der Waals surface area contributed by atoms with Gasteiger partial charge < -0.3 is 5.32 Å². The molecule has 0 spiro atoms. The topological polar surface area (TPSA) is 12.0 Å². The van der Waals surface area contributed by atoms with Crippen molar-refractivity contribution in [3.63, 3.8) is 0 Å². The molecule has 6 heteroatoms. The maximum Gasteiger partial charge on any atom is 0.131 e. The third kappa shape index (κ3) is 3.30. The first-order valence-electron chi connectivity index (χ1n) is 6.07. The fourth-order valence-electron chi connectivity index (χ4n) is 1.97. The smallest absolute Gasteiger partial charge is 0.131 e. The number of benzene rings is 1. The first-order valence-corrected chi connectivity index (χ1v) is 8.48. The Bertz CT molecular complexity index is 608. The molecule has 0 saturated carbocycles. The molecule has 0 aliphatic rings. The largest absolute Gasteiger partial charge is 0.306 e. The van der Waals surface area contributed by atoms with Gasteiger partial charge in [-0.1, -0.05) is 6.92 Å². The second-order valence-electron chi connectivity index (χ2n) is 4.38. The second-order valence-corrected chi connectivity index (χ2v) is 7.64. The maximum absolute atomic E-state index is 14.1. The van der Waals surface area contributed by atoms with E-state index in [1.807, 2.05) is 13.0 Å². The van der Waals surface area contributed by atoms with E-state index in [0.29, 0.717) is 17.7 Å². The van der Waals surface area contributed by atoms with E-state index >= 15 is 0 Å². The molecule has 1 nitrogen and oxygen atoms in total. The molecule has 0 aliphatic heterocycles. The molecule has 108 valence electrons. The highest BCUT2D eigenvalue weighted by Crippen LogP contribution is 2.38. The summed E-state index contributed by atoms with van der Waals surface area (Å²) in [5.41, 5.74) is 0.908. The Balaban J connectivity index is 2.50. The van der Waals surface area contributed by atoms with E-state index in [0.717, 1.165) is 19.2 Å². The third-order valence-corrected chi connectivity index (χ3v) is 6.27. The number of nitrogens with one attached hydrogen (secondary N) is 1. The van der Waals surface area contributed by atoms with Crippen molar-refractivity contribution in [3.8, 4) is 0 Å². The van der Waals surface area contributed by atoms with Gasteiger partial charge >= 0.3 is 0 Å². The van der Waals surface area contributed by atoms with Crippen molar-refractivity contribution >= 4 is 43.2 Å². The molecule has 1 N–H and O–H groups in total. The van der Waals surface area contributed by atoms with Crippen molar-refractivity contribution in [1.82, 2.24) is 5.32 Å². The summed E-state index contributed by atoms with van der Waals surface area (Å²) in [6.07, 6.45) is 0. The SMILES string of the molecule is CCNC(c1cc(Br)c(Br)s1)c1cc(C)c(F)cc1F. The highest BCUT2D eigenvalue weighted by atomic mass is 79.9. The molecule has 0 radical (unpaired) electrons. The summed E-state index contributed by atoms with van der Waals surface area (Å²) in [4.78, 5) is 0.968. The normalized spacial score (nSPS) is 12.7. The molecule has 1 heterocycles. The number of halogens is 4. The van der Waals surface area contributed by atoms with E-state index in [1.165, 1.54) is 11.3 Å². The zero-order valence-corrected chi connectivity index (χ0v) is 14.9. The van der Waals surface area contributed by atoms with Crippen LogP contribution in [0.25, 0.3) is 0 Å². The second kappa shape index (κ2) is 6.64. The Hall–Kier alpha value is -0.300. The van der Waals surface area contributed by atoms with Crippen molar-refractivity contribution in [2.45, 2.75) is 19.9 Å². The van der Waals surface area contributed by atoms with E-state index in [9.17, 15) is 8.78 Å². The summed E-state index contributed by atoms with van der Waals surface area (Å²) in [5.74, 6) is -1.05. The Morgan fingerprint density at radius 2 is 1.90 bits per heavy atom. The predicted octanol–water partition coefficient (Wildman–Crippen LogP) is 5.56. The number of hydrogen-bond acceptors (Lipinski definition) is 2. The quantitative estimate of drug-likeness (QED) is 0.677. The van der Waals surface area contributed by atoms with E-state index in [4.69, 9.17) is 0 Å². The van der Waals surface area contributed by atoms with Gasteiger partial charge in [-0.2, -0.15) is 0 Å². The molecule has 20 heavy (non-hydrogen) atoms. The highest BCUT2D eigenvalue weighted by molar-refractivity contribution is 9.13. The van der Waals surface area contributed by atoms with Gasteiger partial charge in [-0.05, 0) is 63.0 Å². The van der Waals surface area contributed by atoms with Gasteiger partial charge in [-0.15, -0.1) is 11.3 Å². The number of aryl methyl sites for hydroxylation is 1. The van der Waals surface area contributed by atoms with Crippen molar-refractivity contribution in [3.05, 3.63) is 54.1 Å².